The molecule has 166 valence electrons. The Bertz CT molecular complexity index is 944. The Labute approximate surface area is 181 Å². The number of hydrogen-bond donors (Lipinski definition) is 0. The average Bonchev–Trinajstić information content (AvgIpc) is 3.09. The fraction of sp³-hybridized carbons (Fsp3) is 0.565. The molecule has 0 aromatic heterocycles. The van der Waals surface area contributed by atoms with Crippen LogP contribution in [-0.2, 0) is 26.0 Å². The van der Waals surface area contributed by atoms with Crippen molar-refractivity contribution >= 4 is 12.2 Å². The number of likely N-dealkylation sites (tertiary alicyclic amines) is 1. The van der Waals surface area contributed by atoms with Gasteiger partial charge in [0.05, 0.1) is 25.7 Å². The van der Waals surface area contributed by atoms with Crippen molar-refractivity contribution < 1.29 is 33.3 Å². The SMILES string of the molecule is CCOC(=O)OC1C=CC2C3Cc4ccc(OC)c5c4C2(CCN3C(=O)OCC)C1O5. The molecule has 31 heavy (non-hydrogen) atoms. The highest BCUT2D eigenvalue weighted by atomic mass is 16.7. The molecule has 2 bridgehead atoms. The highest BCUT2D eigenvalue weighted by Crippen LogP contribution is 2.62. The second-order valence-electron chi connectivity index (χ2n) is 8.30. The maximum Gasteiger partial charge on any atom is 0.508 e. The predicted molar refractivity (Wildman–Crippen MR) is 109 cm³/mol. The summed E-state index contributed by atoms with van der Waals surface area (Å²) in [6.07, 6.45) is 3.34. The van der Waals surface area contributed by atoms with Crippen LogP contribution >= 0.6 is 0 Å². The number of carbonyl (C=O) groups is 2. The number of piperidine rings is 1. The van der Waals surface area contributed by atoms with Gasteiger partial charge in [0, 0.05) is 24.1 Å². The zero-order valence-corrected chi connectivity index (χ0v) is 18.0. The molecule has 1 aromatic rings. The van der Waals surface area contributed by atoms with Crippen LogP contribution in [0.2, 0.25) is 0 Å². The average molecular weight is 429 g/mol. The number of ether oxygens (including phenoxy) is 5. The minimum atomic E-state index is -0.713. The van der Waals surface area contributed by atoms with E-state index in [1.165, 1.54) is 0 Å². The lowest BCUT2D eigenvalue weighted by molar-refractivity contribution is -0.0640. The van der Waals surface area contributed by atoms with Gasteiger partial charge in [-0.05, 0) is 44.4 Å². The van der Waals surface area contributed by atoms with Crippen molar-refractivity contribution in [1.82, 2.24) is 4.90 Å². The summed E-state index contributed by atoms with van der Waals surface area (Å²) in [5.41, 5.74) is 1.86. The van der Waals surface area contributed by atoms with Gasteiger partial charge in [0.15, 0.2) is 17.6 Å². The summed E-state index contributed by atoms with van der Waals surface area (Å²) in [5.74, 6) is 1.42. The molecule has 1 fully saturated rings. The van der Waals surface area contributed by atoms with Gasteiger partial charge in [0.1, 0.15) is 6.10 Å². The molecule has 5 rings (SSSR count). The van der Waals surface area contributed by atoms with E-state index >= 15 is 0 Å². The van der Waals surface area contributed by atoms with Gasteiger partial charge < -0.3 is 28.6 Å². The minimum absolute atomic E-state index is 0.0264. The standard InChI is InChI=1S/C23H27NO7/c1-4-28-21(25)24-11-10-23-14-7-9-17(30-22(26)29-5-2)20(23)31-19-16(27-3)8-6-13(18(19)23)12-15(14)24/h6-9,14-15,17,20H,4-5,10-12H2,1-3H3. The van der Waals surface area contributed by atoms with Gasteiger partial charge in [-0.1, -0.05) is 12.1 Å². The van der Waals surface area contributed by atoms with Crippen molar-refractivity contribution in [3.05, 3.63) is 35.4 Å². The first-order chi connectivity index (χ1) is 15.0. The van der Waals surface area contributed by atoms with Crippen LogP contribution in [0.15, 0.2) is 24.3 Å². The highest BCUT2D eigenvalue weighted by molar-refractivity contribution is 5.70. The molecule has 0 saturated carbocycles. The summed E-state index contributed by atoms with van der Waals surface area (Å²) in [7, 11) is 1.62. The number of methoxy groups -OCH3 is 1. The van der Waals surface area contributed by atoms with Crippen molar-refractivity contribution in [3.8, 4) is 11.5 Å². The largest absolute Gasteiger partial charge is 0.508 e. The normalized spacial score (nSPS) is 31.4. The van der Waals surface area contributed by atoms with E-state index in [4.69, 9.17) is 23.7 Å². The first-order valence-corrected chi connectivity index (χ1v) is 10.9. The molecule has 8 nitrogen and oxygen atoms in total. The van der Waals surface area contributed by atoms with Crippen LogP contribution in [-0.4, -0.2) is 62.3 Å². The van der Waals surface area contributed by atoms with Gasteiger partial charge in [0.2, 0.25) is 0 Å². The van der Waals surface area contributed by atoms with Crippen molar-refractivity contribution in [3.63, 3.8) is 0 Å². The molecule has 2 aliphatic heterocycles. The summed E-state index contributed by atoms with van der Waals surface area (Å²) in [4.78, 5) is 26.7. The van der Waals surface area contributed by atoms with Gasteiger partial charge in [-0.15, -0.1) is 0 Å². The fourth-order valence-electron chi connectivity index (χ4n) is 5.99. The topological polar surface area (TPSA) is 83.5 Å². The monoisotopic (exact) mass is 429 g/mol. The zero-order valence-electron chi connectivity index (χ0n) is 18.0. The second kappa shape index (κ2) is 7.35. The Morgan fingerprint density at radius 1 is 1.19 bits per heavy atom. The van der Waals surface area contributed by atoms with E-state index in [-0.39, 0.29) is 24.7 Å². The molecule has 1 amide bonds. The Kier molecular flexibility index (Phi) is 4.75. The van der Waals surface area contributed by atoms with Crippen LogP contribution in [0, 0.1) is 5.92 Å². The van der Waals surface area contributed by atoms with Crippen LogP contribution in [0.5, 0.6) is 11.5 Å². The van der Waals surface area contributed by atoms with Gasteiger partial charge in [0.25, 0.3) is 0 Å². The summed E-state index contributed by atoms with van der Waals surface area (Å²) >= 11 is 0. The van der Waals surface area contributed by atoms with Crippen LogP contribution in [0.3, 0.4) is 0 Å². The molecule has 0 N–H and O–H groups in total. The lowest BCUT2D eigenvalue weighted by Crippen LogP contribution is -2.66. The zero-order chi connectivity index (χ0) is 21.8. The lowest BCUT2D eigenvalue weighted by atomic mass is 9.53. The van der Waals surface area contributed by atoms with Gasteiger partial charge >= 0.3 is 12.2 Å². The maximum atomic E-state index is 12.7. The summed E-state index contributed by atoms with van der Waals surface area (Å²) in [6.45, 7) is 4.69. The quantitative estimate of drug-likeness (QED) is 0.537. The number of hydrogen-bond acceptors (Lipinski definition) is 7. The second-order valence-corrected chi connectivity index (χ2v) is 8.30. The number of carbonyl (C=O) groups excluding carboxylic acids is 2. The molecule has 5 atom stereocenters. The number of rotatable bonds is 4. The van der Waals surface area contributed by atoms with Gasteiger partial charge in [-0.25, -0.2) is 9.59 Å². The fourth-order valence-corrected chi connectivity index (χ4v) is 5.99. The third-order valence-electron chi connectivity index (χ3n) is 7.05. The molecule has 1 saturated heterocycles. The van der Waals surface area contributed by atoms with Crippen LogP contribution < -0.4 is 9.47 Å². The summed E-state index contributed by atoms with van der Waals surface area (Å²) < 4.78 is 28.1. The van der Waals surface area contributed by atoms with Crippen LogP contribution in [0.4, 0.5) is 9.59 Å². The molecule has 1 spiro atoms. The molecular formula is C23H27NO7. The van der Waals surface area contributed by atoms with Gasteiger partial charge in [-0.3, -0.25) is 0 Å². The minimum Gasteiger partial charge on any atom is -0.493 e. The number of amides is 1. The van der Waals surface area contributed by atoms with Crippen molar-refractivity contribution in [2.45, 2.75) is 50.4 Å². The Morgan fingerprint density at radius 2 is 2.00 bits per heavy atom. The molecule has 2 heterocycles. The van der Waals surface area contributed by atoms with Crippen molar-refractivity contribution in [1.29, 1.82) is 0 Å². The Hall–Kier alpha value is -2.90. The number of benzene rings is 1. The van der Waals surface area contributed by atoms with E-state index in [1.807, 2.05) is 24.0 Å². The first kappa shape index (κ1) is 20.0. The molecule has 1 aromatic carbocycles. The summed E-state index contributed by atoms with van der Waals surface area (Å²) in [6, 6.07) is 3.91. The lowest BCUT2D eigenvalue weighted by Gasteiger charge is -2.56. The molecule has 4 aliphatic rings. The number of nitrogens with zero attached hydrogens (tertiary/aromatic N) is 1. The highest BCUT2D eigenvalue weighted by Gasteiger charge is 2.66. The molecule has 8 heteroatoms. The Balaban J connectivity index is 1.61. The van der Waals surface area contributed by atoms with E-state index < -0.39 is 23.8 Å². The molecule has 0 radical (unpaired) electrons. The first-order valence-electron chi connectivity index (χ1n) is 10.9. The van der Waals surface area contributed by atoms with Crippen molar-refractivity contribution in [2.24, 2.45) is 5.92 Å². The maximum absolute atomic E-state index is 12.7. The van der Waals surface area contributed by atoms with E-state index in [0.29, 0.717) is 31.7 Å². The molecule has 5 unspecified atom stereocenters. The van der Waals surface area contributed by atoms with Crippen molar-refractivity contribution in [2.75, 3.05) is 26.9 Å². The van der Waals surface area contributed by atoms with Crippen LogP contribution in [0.1, 0.15) is 31.4 Å². The van der Waals surface area contributed by atoms with Crippen LogP contribution in [0.25, 0.3) is 0 Å². The van der Waals surface area contributed by atoms with E-state index in [0.717, 1.165) is 16.9 Å². The summed E-state index contributed by atoms with van der Waals surface area (Å²) in [5, 5.41) is 0. The predicted octanol–water partition coefficient (Wildman–Crippen LogP) is 3.21. The molecule has 2 aliphatic carbocycles. The van der Waals surface area contributed by atoms with Gasteiger partial charge in [-0.2, -0.15) is 0 Å². The third-order valence-corrected chi connectivity index (χ3v) is 7.05. The molecular weight excluding hydrogens is 402 g/mol. The smallest absolute Gasteiger partial charge is 0.493 e. The van der Waals surface area contributed by atoms with E-state index in [2.05, 4.69) is 12.1 Å². The third kappa shape index (κ3) is 2.73. The van der Waals surface area contributed by atoms with E-state index in [1.54, 1.807) is 14.0 Å². The van der Waals surface area contributed by atoms with E-state index in [9.17, 15) is 9.59 Å². The Morgan fingerprint density at radius 3 is 2.74 bits per heavy atom.